The van der Waals surface area contributed by atoms with E-state index in [1.54, 1.807) is 36.4 Å². The second kappa shape index (κ2) is 15.2. The maximum absolute atomic E-state index is 14.7. The summed E-state index contributed by atoms with van der Waals surface area (Å²) >= 11 is 6.59. The minimum absolute atomic E-state index is 0. The lowest BCUT2D eigenvalue weighted by molar-refractivity contribution is 0.0193. The van der Waals surface area contributed by atoms with Crippen LogP contribution in [0.4, 0.5) is 15.9 Å². The van der Waals surface area contributed by atoms with Crippen molar-refractivity contribution < 1.29 is 23.8 Å². The molecule has 5 aromatic rings. The number of aromatic hydroxyl groups is 1. The highest BCUT2D eigenvalue weighted by Gasteiger charge is 2.34. The molecule has 264 valence electrons. The maximum atomic E-state index is 14.7. The SMILES string of the molecule is Cc1c(C(=O)N(c2ccc(O)cc2)c2cnc(F)cn2)cc(-c2cc(Cl)ccc2C(=O)N2Cc3ccccc3C[C@H]2CN2CCOCC2)n1C.Cl. The second-order valence-electron chi connectivity index (χ2n) is 12.6. The Hall–Kier alpha value is -4.81. The summed E-state index contributed by atoms with van der Waals surface area (Å²) in [4.78, 5) is 42.6. The zero-order valence-electron chi connectivity index (χ0n) is 28.1. The molecule has 1 N–H and O–H groups in total. The first-order valence-electron chi connectivity index (χ1n) is 16.4. The third kappa shape index (κ3) is 7.34. The summed E-state index contributed by atoms with van der Waals surface area (Å²) in [5, 5.41) is 10.4. The molecule has 0 radical (unpaired) electrons. The molecular formula is C38H37Cl2FN6O4. The van der Waals surface area contributed by atoms with Crippen LogP contribution in [0.15, 0.2) is 85.2 Å². The van der Waals surface area contributed by atoms with Crippen LogP contribution in [-0.2, 0) is 24.8 Å². The quantitative estimate of drug-likeness (QED) is 0.202. The van der Waals surface area contributed by atoms with Gasteiger partial charge in [-0.3, -0.25) is 19.4 Å². The standard InChI is InChI=1S/C38H36ClFN6O4.ClH/c1-24-32(38(49)46(28-8-10-30(47)11-9-28)36-21-41-35(40)20-42-36)19-34(43(24)2)33-18-27(39)7-12-31(33)37(48)45-22-26-6-4-3-5-25(26)17-29(45)23-44-13-15-50-16-14-44;/h3-12,18-21,29,47H,13-17,22-23H2,1-2H3;1H/t29-;/m0./s1. The smallest absolute Gasteiger partial charge is 0.265 e. The molecule has 0 spiro atoms. The van der Waals surface area contributed by atoms with Crippen LogP contribution >= 0.6 is 24.0 Å². The van der Waals surface area contributed by atoms with Crippen molar-refractivity contribution in [3.8, 4) is 17.0 Å². The van der Waals surface area contributed by atoms with Crippen molar-refractivity contribution in [3.05, 3.63) is 124 Å². The number of amides is 2. The molecule has 2 aliphatic rings. The van der Waals surface area contributed by atoms with Crippen molar-refractivity contribution in [1.82, 2.24) is 24.3 Å². The Labute approximate surface area is 306 Å². The van der Waals surface area contributed by atoms with Gasteiger partial charge in [0.1, 0.15) is 5.75 Å². The first-order chi connectivity index (χ1) is 24.2. The summed E-state index contributed by atoms with van der Waals surface area (Å²) in [6, 6.07) is 21.2. The third-order valence-corrected chi connectivity index (χ3v) is 9.82. The Bertz CT molecular complexity index is 2010. The van der Waals surface area contributed by atoms with Crippen molar-refractivity contribution in [3.63, 3.8) is 0 Å². The number of hydrogen-bond donors (Lipinski definition) is 1. The lowest BCUT2D eigenvalue weighted by Gasteiger charge is -2.40. The number of carbonyl (C=O) groups is 2. The fourth-order valence-electron chi connectivity index (χ4n) is 6.81. The first-order valence-corrected chi connectivity index (χ1v) is 16.8. The van der Waals surface area contributed by atoms with Crippen molar-refractivity contribution in [2.45, 2.75) is 25.9 Å². The third-order valence-electron chi connectivity index (χ3n) is 9.59. The van der Waals surface area contributed by atoms with Gasteiger partial charge in [-0.05, 0) is 73.0 Å². The van der Waals surface area contributed by atoms with Crippen LogP contribution in [0.5, 0.6) is 5.75 Å². The topological polar surface area (TPSA) is 104 Å². The summed E-state index contributed by atoms with van der Waals surface area (Å²) in [5.41, 5.74) is 5.40. The maximum Gasteiger partial charge on any atom is 0.265 e. The highest BCUT2D eigenvalue weighted by Crippen LogP contribution is 2.35. The minimum atomic E-state index is -0.785. The number of anilines is 2. The molecule has 13 heteroatoms. The number of halogens is 3. The van der Waals surface area contributed by atoms with Crippen LogP contribution in [0.25, 0.3) is 11.3 Å². The second-order valence-corrected chi connectivity index (χ2v) is 13.0. The van der Waals surface area contributed by atoms with E-state index in [9.17, 15) is 19.1 Å². The molecule has 0 aliphatic carbocycles. The van der Waals surface area contributed by atoms with Crippen molar-refractivity contribution >= 4 is 47.3 Å². The minimum Gasteiger partial charge on any atom is -0.508 e. The molecule has 7 rings (SSSR count). The van der Waals surface area contributed by atoms with Gasteiger partial charge in [0, 0.05) is 66.8 Å². The van der Waals surface area contributed by atoms with E-state index in [4.69, 9.17) is 16.3 Å². The monoisotopic (exact) mass is 730 g/mol. The van der Waals surface area contributed by atoms with E-state index in [0.717, 1.165) is 37.8 Å². The van der Waals surface area contributed by atoms with E-state index < -0.39 is 11.9 Å². The molecule has 1 atom stereocenters. The van der Waals surface area contributed by atoms with Gasteiger partial charge in [-0.2, -0.15) is 4.39 Å². The van der Waals surface area contributed by atoms with Crippen LogP contribution in [0.3, 0.4) is 0 Å². The fraction of sp³-hybridized carbons (Fsp3) is 0.263. The first kappa shape index (κ1) is 36.0. The number of phenolic OH excluding ortho intramolecular Hbond substituents is 1. The largest absolute Gasteiger partial charge is 0.508 e. The number of nitrogens with zero attached hydrogens (tertiary/aromatic N) is 6. The molecule has 2 amide bonds. The Morgan fingerprint density at radius 3 is 2.41 bits per heavy atom. The number of phenols is 1. The lowest BCUT2D eigenvalue weighted by Crippen LogP contribution is -2.52. The van der Waals surface area contributed by atoms with Crippen LogP contribution in [0.1, 0.15) is 37.5 Å². The molecule has 51 heavy (non-hydrogen) atoms. The molecule has 3 aromatic carbocycles. The molecule has 1 saturated heterocycles. The van der Waals surface area contributed by atoms with Crippen LogP contribution < -0.4 is 4.90 Å². The summed E-state index contributed by atoms with van der Waals surface area (Å²) in [6.45, 7) is 5.99. The highest BCUT2D eigenvalue weighted by molar-refractivity contribution is 6.31. The Kier molecular flexibility index (Phi) is 10.7. The van der Waals surface area contributed by atoms with E-state index in [0.29, 0.717) is 58.5 Å². The van der Waals surface area contributed by atoms with E-state index in [1.807, 2.05) is 35.6 Å². The predicted molar refractivity (Wildman–Crippen MR) is 195 cm³/mol. The molecule has 10 nitrogen and oxygen atoms in total. The molecule has 1 fully saturated rings. The number of aromatic nitrogens is 3. The number of fused-ring (bicyclic) bond motifs is 1. The van der Waals surface area contributed by atoms with Crippen molar-refractivity contribution in [2.24, 2.45) is 7.05 Å². The lowest BCUT2D eigenvalue weighted by atomic mass is 9.92. The van der Waals surface area contributed by atoms with E-state index >= 15 is 0 Å². The van der Waals surface area contributed by atoms with Gasteiger partial charge in [0.25, 0.3) is 11.8 Å². The summed E-state index contributed by atoms with van der Waals surface area (Å²) < 4.78 is 21.2. The van der Waals surface area contributed by atoms with Gasteiger partial charge in [-0.25, -0.2) is 9.97 Å². The summed E-state index contributed by atoms with van der Waals surface area (Å²) in [5.74, 6) is -1.24. The number of hydrogen-bond acceptors (Lipinski definition) is 7. The van der Waals surface area contributed by atoms with Gasteiger partial charge >= 0.3 is 0 Å². The molecule has 0 unspecified atom stereocenters. The van der Waals surface area contributed by atoms with Gasteiger partial charge in [0.2, 0.25) is 5.95 Å². The van der Waals surface area contributed by atoms with E-state index in [1.165, 1.54) is 28.8 Å². The molecule has 2 aromatic heterocycles. The van der Waals surface area contributed by atoms with Crippen molar-refractivity contribution in [1.29, 1.82) is 0 Å². The zero-order chi connectivity index (χ0) is 34.9. The number of rotatable bonds is 7. The summed E-state index contributed by atoms with van der Waals surface area (Å²) in [7, 11) is 1.83. The Morgan fingerprint density at radius 1 is 0.980 bits per heavy atom. The number of benzene rings is 3. The molecule has 4 heterocycles. The van der Waals surface area contributed by atoms with Crippen molar-refractivity contribution in [2.75, 3.05) is 37.7 Å². The van der Waals surface area contributed by atoms with Crippen LogP contribution in [-0.4, -0.2) is 80.1 Å². The predicted octanol–water partition coefficient (Wildman–Crippen LogP) is 6.59. The van der Waals surface area contributed by atoms with Gasteiger partial charge in [0.15, 0.2) is 5.82 Å². The average molecular weight is 732 g/mol. The van der Waals surface area contributed by atoms with Crippen LogP contribution in [0, 0.1) is 12.9 Å². The van der Waals surface area contributed by atoms with Gasteiger partial charge in [-0.1, -0.05) is 35.9 Å². The average Bonchev–Trinajstić information content (AvgIpc) is 3.43. The molecule has 0 saturated carbocycles. The van der Waals surface area contributed by atoms with Crippen LogP contribution in [0.2, 0.25) is 5.02 Å². The Morgan fingerprint density at radius 2 is 1.71 bits per heavy atom. The van der Waals surface area contributed by atoms with Gasteiger partial charge in [0.05, 0.1) is 36.9 Å². The van der Waals surface area contributed by atoms with Gasteiger partial charge in [-0.15, -0.1) is 12.4 Å². The molecule has 2 aliphatic heterocycles. The summed E-state index contributed by atoms with van der Waals surface area (Å²) in [6.07, 6.45) is 2.86. The number of ether oxygens (including phenoxy) is 1. The Balaban J connectivity index is 0.00000448. The number of morpholine rings is 1. The zero-order valence-corrected chi connectivity index (χ0v) is 29.7. The highest BCUT2D eigenvalue weighted by atomic mass is 35.5. The fourth-order valence-corrected chi connectivity index (χ4v) is 6.98. The van der Waals surface area contributed by atoms with E-state index in [-0.39, 0.29) is 35.9 Å². The molecular weight excluding hydrogens is 694 g/mol. The number of carbonyl (C=O) groups excluding carboxylic acids is 2. The van der Waals surface area contributed by atoms with E-state index in [2.05, 4.69) is 27.0 Å². The molecule has 0 bridgehead atoms. The van der Waals surface area contributed by atoms with Gasteiger partial charge < -0.3 is 19.3 Å². The normalized spacial score (nSPS) is 15.9.